The van der Waals surface area contributed by atoms with Crippen LogP contribution in [-0.2, 0) is 4.79 Å². The topological polar surface area (TPSA) is 53.5 Å². The third-order valence-corrected chi connectivity index (χ3v) is 4.44. The lowest BCUT2D eigenvalue weighted by Gasteiger charge is -2.23. The molecule has 98 valence electrons. The Morgan fingerprint density at radius 1 is 1.59 bits per heavy atom. The lowest BCUT2D eigenvalue weighted by Crippen LogP contribution is -2.43. The van der Waals surface area contributed by atoms with Crippen LogP contribution < -0.4 is 10.6 Å². The minimum atomic E-state index is -0.409. The molecule has 0 radical (unpaired) electrons. The van der Waals surface area contributed by atoms with Gasteiger partial charge in [-0.3, -0.25) is 9.79 Å². The summed E-state index contributed by atoms with van der Waals surface area (Å²) in [6.45, 7) is 9.78. The SMILES string of the molecule is CNC(=O)C(C)(C)CNC1=NCC(C(C)C)S1. The van der Waals surface area contributed by atoms with Gasteiger partial charge in [-0.15, -0.1) is 0 Å². The molecule has 2 N–H and O–H groups in total. The zero-order valence-electron chi connectivity index (χ0n) is 11.3. The first-order valence-corrected chi connectivity index (χ1v) is 6.92. The number of rotatable bonds is 4. The van der Waals surface area contributed by atoms with Crippen molar-refractivity contribution in [2.45, 2.75) is 32.9 Å². The van der Waals surface area contributed by atoms with Gasteiger partial charge in [0.1, 0.15) is 0 Å². The van der Waals surface area contributed by atoms with Crippen LogP contribution >= 0.6 is 11.8 Å². The summed E-state index contributed by atoms with van der Waals surface area (Å²) < 4.78 is 0. The van der Waals surface area contributed by atoms with Crippen molar-refractivity contribution in [3.8, 4) is 0 Å². The smallest absolute Gasteiger partial charge is 0.227 e. The number of carbonyl (C=O) groups is 1. The van der Waals surface area contributed by atoms with Crippen molar-refractivity contribution in [1.29, 1.82) is 0 Å². The van der Waals surface area contributed by atoms with E-state index in [4.69, 9.17) is 0 Å². The van der Waals surface area contributed by atoms with Gasteiger partial charge >= 0.3 is 0 Å². The number of thioether (sulfide) groups is 1. The van der Waals surface area contributed by atoms with Gasteiger partial charge in [-0.25, -0.2) is 0 Å². The van der Waals surface area contributed by atoms with E-state index in [9.17, 15) is 4.79 Å². The molecule has 0 aromatic carbocycles. The summed E-state index contributed by atoms with van der Waals surface area (Å²) in [5, 5.41) is 7.50. The first kappa shape index (κ1) is 14.4. The van der Waals surface area contributed by atoms with E-state index < -0.39 is 5.41 Å². The second kappa shape index (κ2) is 5.76. The van der Waals surface area contributed by atoms with Gasteiger partial charge in [0, 0.05) is 18.8 Å². The third-order valence-electron chi connectivity index (χ3n) is 2.94. The van der Waals surface area contributed by atoms with Crippen LogP contribution in [0.4, 0.5) is 0 Å². The molecule has 0 saturated heterocycles. The van der Waals surface area contributed by atoms with Crippen molar-refractivity contribution in [3.05, 3.63) is 0 Å². The summed E-state index contributed by atoms with van der Waals surface area (Å²) in [5.74, 6) is 0.684. The van der Waals surface area contributed by atoms with Crippen LogP contribution in [0.25, 0.3) is 0 Å². The molecule has 4 nitrogen and oxygen atoms in total. The second-order valence-corrected chi connectivity index (χ2v) is 6.59. The number of nitrogens with zero attached hydrogens (tertiary/aromatic N) is 1. The van der Waals surface area contributed by atoms with Gasteiger partial charge in [-0.1, -0.05) is 25.6 Å². The van der Waals surface area contributed by atoms with E-state index in [1.54, 1.807) is 18.8 Å². The van der Waals surface area contributed by atoms with Gasteiger partial charge in [0.25, 0.3) is 0 Å². The largest absolute Gasteiger partial charge is 0.364 e. The Balaban J connectivity index is 2.40. The summed E-state index contributed by atoms with van der Waals surface area (Å²) in [4.78, 5) is 16.1. The highest BCUT2D eigenvalue weighted by atomic mass is 32.2. The molecule has 0 aromatic heterocycles. The molecule has 0 aliphatic carbocycles. The Kier molecular flexibility index (Phi) is 4.86. The van der Waals surface area contributed by atoms with Crippen LogP contribution in [0.3, 0.4) is 0 Å². The predicted octanol–water partition coefficient (Wildman–Crippen LogP) is 1.48. The first-order valence-electron chi connectivity index (χ1n) is 6.04. The molecule has 17 heavy (non-hydrogen) atoms. The van der Waals surface area contributed by atoms with Crippen molar-refractivity contribution in [3.63, 3.8) is 0 Å². The normalized spacial score (nSPS) is 20.4. The van der Waals surface area contributed by atoms with Gasteiger partial charge < -0.3 is 10.6 Å². The molecular weight excluding hydrogens is 234 g/mol. The van der Waals surface area contributed by atoms with Crippen LogP contribution in [0.1, 0.15) is 27.7 Å². The molecule has 0 saturated carbocycles. The fourth-order valence-corrected chi connectivity index (χ4v) is 2.56. The van der Waals surface area contributed by atoms with Crippen LogP contribution in [0, 0.1) is 11.3 Å². The predicted molar refractivity (Wildman–Crippen MR) is 74.4 cm³/mol. The summed E-state index contributed by atoms with van der Waals surface area (Å²) in [6.07, 6.45) is 0. The van der Waals surface area contributed by atoms with Crippen LogP contribution in [0.2, 0.25) is 0 Å². The molecule has 1 amide bonds. The Bertz CT molecular complexity index is 313. The number of hydrogen-bond donors (Lipinski definition) is 2. The van der Waals surface area contributed by atoms with Gasteiger partial charge in [-0.05, 0) is 19.8 Å². The molecule has 1 rings (SSSR count). The summed E-state index contributed by atoms with van der Waals surface area (Å²) in [5.41, 5.74) is -0.409. The van der Waals surface area contributed by atoms with E-state index in [-0.39, 0.29) is 5.91 Å². The van der Waals surface area contributed by atoms with Gasteiger partial charge in [0.2, 0.25) is 5.91 Å². The Morgan fingerprint density at radius 3 is 2.71 bits per heavy atom. The minimum Gasteiger partial charge on any atom is -0.364 e. The summed E-state index contributed by atoms with van der Waals surface area (Å²) in [6, 6.07) is 0. The van der Waals surface area contributed by atoms with E-state index in [1.807, 2.05) is 13.8 Å². The number of aliphatic imine (C=N–C) groups is 1. The quantitative estimate of drug-likeness (QED) is 0.802. The average molecular weight is 257 g/mol. The molecule has 1 aliphatic heterocycles. The Hall–Kier alpha value is -0.710. The van der Waals surface area contributed by atoms with Crippen molar-refractivity contribution in [2.75, 3.05) is 20.1 Å². The Labute approximate surface area is 108 Å². The monoisotopic (exact) mass is 257 g/mol. The van der Waals surface area contributed by atoms with E-state index in [0.29, 0.717) is 17.7 Å². The minimum absolute atomic E-state index is 0.0500. The lowest BCUT2D eigenvalue weighted by atomic mass is 9.92. The van der Waals surface area contributed by atoms with Crippen molar-refractivity contribution >= 4 is 22.8 Å². The number of carbonyl (C=O) groups excluding carboxylic acids is 1. The van der Waals surface area contributed by atoms with Gasteiger partial charge in [0.15, 0.2) is 5.17 Å². The second-order valence-electron chi connectivity index (χ2n) is 5.36. The standard InChI is InChI=1S/C12H23N3OS/c1-8(2)9-6-14-11(17-9)15-7-12(3,4)10(16)13-5/h8-9H,6-7H2,1-5H3,(H,13,16)(H,14,15). The molecule has 5 heteroatoms. The van der Waals surface area contributed by atoms with Crippen molar-refractivity contribution in [1.82, 2.24) is 10.6 Å². The lowest BCUT2D eigenvalue weighted by molar-refractivity contribution is -0.128. The zero-order chi connectivity index (χ0) is 13.1. The zero-order valence-corrected chi connectivity index (χ0v) is 12.1. The van der Waals surface area contributed by atoms with Crippen LogP contribution in [-0.4, -0.2) is 36.5 Å². The van der Waals surface area contributed by atoms with Gasteiger partial charge in [-0.2, -0.15) is 0 Å². The van der Waals surface area contributed by atoms with Crippen molar-refractivity contribution in [2.24, 2.45) is 16.3 Å². The number of nitrogens with one attached hydrogen (secondary N) is 2. The third kappa shape index (κ3) is 3.91. The van der Waals surface area contributed by atoms with E-state index >= 15 is 0 Å². The molecule has 0 spiro atoms. The maximum Gasteiger partial charge on any atom is 0.227 e. The maximum atomic E-state index is 11.6. The molecule has 1 unspecified atom stereocenters. The fourth-order valence-electron chi connectivity index (χ4n) is 1.55. The van der Waals surface area contributed by atoms with E-state index in [1.165, 1.54) is 0 Å². The molecule has 1 heterocycles. The molecule has 0 bridgehead atoms. The summed E-state index contributed by atoms with van der Waals surface area (Å²) in [7, 11) is 1.67. The number of amidine groups is 1. The summed E-state index contributed by atoms with van der Waals surface area (Å²) >= 11 is 1.79. The highest BCUT2D eigenvalue weighted by molar-refractivity contribution is 8.14. The maximum absolute atomic E-state index is 11.6. The average Bonchev–Trinajstić information content (AvgIpc) is 2.74. The van der Waals surface area contributed by atoms with Crippen LogP contribution in [0.15, 0.2) is 4.99 Å². The Morgan fingerprint density at radius 2 is 2.24 bits per heavy atom. The first-order chi connectivity index (χ1) is 7.86. The molecule has 0 fully saturated rings. The number of amides is 1. The van der Waals surface area contributed by atoms with Crippen LogP contribution in [0.5, 0.6) is 0 Å². The van der Waals surface area contributed by atoms with Gasteiger partial charge in [0.05, 0.1) is 12.0 Å². The highest BCUT2D eigenvalue weighted by Gasteiger charge is 2.28. The van der Waals surface area contributed by atoms with Crippen molar-refractivity contribution < 1.29 is 4.79 Å². The highest BCUT2D eigenvalue weighted by Crippen LogP contribution is 2.26. The molecule has 0 aromatic rings. The molecular formula is C12H23N3OS. The van der Waals surface area contributed by atoms with E-state index in [0.717, 1.165) is 11.7 Å². The van der Waals surface area contributed by atoms with E-state index in [2.05, 4.69) is 29.5 Å². The number of hydrogen-bond acceptors (Lipinski definition) is 4. The molecule has 1 atom stereocenters. The molecule has 1 aliphatic rings. The fraction of sp³-hybridized carbons (Fsp3) is 0.833.